The summed E-state index contributed by atoms with van der Waals surface area (Å²) in [5.41, 5.74) is 3.24. The van der Waals surface area contributed by atoms with Gasteiger partial charge in [0.25, 0.3) is 5.91 Å². The van der Waals surface area contributed by atoms with E-state index in [1.165, 1.54) is 0 Å². The Labute approximate surface area is 186 Å². The molecule has 3 aromatic rings. The van der Waals surface area contributed by atoms with Crippen molar-refractivity contribution in [3.8, 4) is 0 Å². The molecule has 0 aliphatic heterocycles. The van der Waals surface area contributed by atoms with Gasteiger partial charge in [-0.3, -0.25) is 9.59 Å². The summed E-state index contributed by atoms with van der Waals surface area (Å²) in [6.45, 7) is 9.36. The first-order valence-corrected chi connectivity index (χ1v) is 11.0. The molecule has 2 N–H and O–H groups in total. The highest BCUT2D eigenvalue weighted by atomic mass is 32.2. The zero-order valence-electron chi connectivity index (χ0n) is 18.4. The number of rotatable bonds is 6. The summed E-state index contributed by atoms with van der Waals surface area (Å²) in [6, 6.07) is 14.6. The van der Waals surface area contributed by atoms with E-state index >= 15 is 0 Å². The lowest BCUT2D eigenvalue weighted by Gasteiger charge is -2.18. The van der Waals surface area contributed by atoms with Crippen LogP contribution >= 0.6 is 11.8 Å². The lowest BCUT2D eigenvalue weighted by Crippen LogP contribution is -2.27. The van der Waals surface area contributed by atoms with Gasteiger partial charge < -0.3 is 15.2 Å². The van der Waals surface area contributed by atoms with Crippen LogP contribution in [0.2, 0.25) is 0 Å². The highest BCUT2D eigenvalue weighted by Crippen LogP contribution is 2.29. The fourth-order valence-electron chi connectivity index (χ4n) is 2.83. The SMILES string of the molecule is Cc1noc(C)c1CSc1ccccc1C(=O)Nc1cccc(NC(=O)C(C)(C)C)c1. The topological polar surface area (TPSA) is 84.2 Å². The van der Waals surface area contributed by atoms with Gasteiger partial charge in [-0.2, -0.15) is 0 Å². The number of aromatic nitrogens is 1. The van der Waals surface area contributed by atoms with Crippen molar-refractivity contribution in [3.05, 3.63) is 71.1 Å². The number of hydrogen-bond donors (Lipinski definition) is 2. The Kier molecular flexibility index (Phi) is 6.85. The van der Waals surface area contributed by atoms with Crippen molar-refractivity contribution in [1.29, 1.82) is 0 Å². The second-order valence-corrected chi connectivity index (χ2v) is 9.34. The first kappa shape index (κ1) is 22.6. The summed E-state index contributed by atoms with van der Waals surface area (Å²) in [6.07, 6.45) is 0. The van der Waals surface area contributed by atoms with Crippen LogP contribution in [0.1, 0.15) is 48.1 Å². The molecule has 0 spiro atoms. The highest BCUT2D eigenvalue weighted by Gasteiger charge is 2.21. The predicted molar refractivity (Wildman–Crippen MR) is 124 cm³/mol. The Balaban J connectivity index is 1.73. The van der Waals surface area contributed by atoms with Gasteiger partial charge in [0.05, 0.1) is 11.3 Å². The number of hydrogen-bond acceptors (Lipinski definition) is 5. The Morgan fingerprint density at radius 1 is 1.00 bits per heavy atom. The lowest BCUT2D eigenvalue weighted by molar-refractivity contribution is -0.123. The van der Waals surface area contributed by atoms with Gasteiger partial charge in [0.15, 0.2) is 0 Å². The second-order valence-electron chi connectivity index (χ2n) is 8.33. The van der Waals surface area contributed by atoms with Crippen molar-refractivity contribution in [3.63, 3.8) is 0 Å². The van der Waals surface area contributed by atoms with Crippen LogP contribution in [0.5, 0.6) is 0 Å². The smallest absolute Gasteiger partial charge is 0.256 e. The van der Waals surface area contributed by atoms with Gasteiger partial charge in [-0.25, -0.2) is 0 Å². The largest absolute Gasteiger partial charge is 0.361 e. The molecule has 1 heterocycles. The van der Waals surface area contributed by atoms with Crippen LogP contribution in [0, 0.1) is 19.3 Å². The average molecular weight is 438 g/mol. The van der Waals surface area contributed by atoms with E-state index in [0.717, 1.165) is 21.9 Å². The maximum atomic E-state index is 13.0. The number of anilines is 2. The highest BCUT2D eigenvalue weighted by molar-refractivity contribution is 7.98. The molecule has 3 rings (SSSR count). The number of aryl methyl sites for hydroxylation is 2. The van der Waals surface area contributed by atoms with Gasteiger partial charge >= 0.3 is 0 Å². The standard InChI is InChI=1S/C24H27N3O3S/c1-15-20(16(2)30-27-15)14-31-21-12-7-6-11-19(21)22(28)25-17-9-8-10-18(13-17)26-23(29)24(3,4)5/h6-13H,14H2,1-5H3,(H,25,28)(H,26,29). The maximum absolute atomic E-state index is 13.0. The van der Waals surface area contributed by atoms with Crippen molar-refractivity contribution in [2.75, 3.05) is 10.6 Å². The molecule has 0 radical (unpaired) electrons. The number of carbonyl (C=O) groups excluding carboxylic acids is 2. The van der Waals surface area contributed by atoms with E-state index in [1.54, 1.807) is 42.1 Å². The van der Waals surface area contributed by atoms with E-state index in [2.05, 4.69) is 15.8 Å². The van der Waals surface area contributed by atoms with Gasteiger partial charge in [0.2, 0.25) is 5.91 Å². The molecule has 2 amide bonds. The number of carbonyl (C=O) groups is 2. The molecule has 0 aliphatic carbocycles. The summed E-state index contributed by atoms with van der Waals surface area (Å²) >= 11 is 1.57. The van der Waals surface area contributed by atoms with Crippen molar-refractivity contribution in [2.24, 2.45) is 5.41 Å². The fraction of sp³-hybridized carbons (Fsp3) is 0.292. The Morgan fingerprint density at radius 2 is 1.68 bits per heavy atom. The van der Waals surface area contributed by atoms with Gasteiger partial charge in [0.1, 0.15) is 5.76 Å². The fourth-order valence-corrected chi connectivity index (χ4v) is 4.03. The normalized spacial score (nSPS) is 11.3. The maximum Gasteiger partial charge on any atom is 0.256 e. The molecule has 0 unspecified atom stereocenters. The molecule has 0 bridgehead atoms. The molecule has 0 fully saturated rings. The van der Waals surface area contributed by atoms with Gasteiger partial charge in [0, 0.05) is 33.0 Å². The second kappa shape index (κ2) is 9.39. The van der Waals surface area contributed by atoms with E-state index in [-0.39, 0.29) is 11.8 Å². The third kappa shape index (κ3) is 5.76. The van der Waals surface area contributed by atoms with Gasteiger partial charge in [-0.15, -0.1) is 11.8 Å². The average Bonchev–Trinajstić information content (AvgIpc) is 3.03. The monoisotopic (exact) mass is 437 g/mol. The van der Waals surface area contributed by atoms with Crippen LogP contribution in [0.3, 0.4) is 0 Å². The number of nitrogens with one attached hydrogen (secondary N) is 2. The quantitative estimate of drug-likeness (QED) is 0.475. The molecule has 1 aromatic heterocycles. The van der Waals surface area contributed by atoms with Crippen molar-refractivity contribution < 1.29 is 14.1 Å². The van der Waals surface area contributed by atoms with Crippen LogP contribution < -0.4 is 10.6 Å². The summed E-state index contributed by atoms with van der Waals surface area (Å²) in [5.74, 6) is 1.17. The number of amides is 2. The lowest BCUT2D eigenvalue weighted by atomic mass is 9.95. The van der Waals surface area contributed by atoms with Crippen molar-refractivity contribution in [1.82, 2.24) is 5.16 Å². The third-order valence-corrected chi connectivity index (χ3v) is 5.84. The van der Waals surface area contributed by atoms with Crippen LogP contribution in [0.25, 0.3) is 0 Å². The Bertz CT molecular complexity index is 1080. The van der Waals surface area contributed by atoms with Crippen LogP contribution in [0.15, 0.2) is 57.9 Å². The van der Waals surface area contributed by atoms with E-state index in [4.69, 9.17) is 4.52 Å². The Hall–Kier alpha value is -3.06. The van der Waals surface area contributed by atoms with Gasteiger partial charge in [-0.05, 0) is 44.2 Å². The van der Waals surface area contributed by atoms with Crippen molar-refractivity contribution >= 4 is 35.0 Å². The first-order chi connectivity index (χ1) is 14.6. The molecule has 0 saturated heterocycles. The molecular weight excluding hydrogens is 410 g/mol. The minimum atomic E-state index is -0.503. The minimum Gasteiger partial charge on any atom is -0.361 e. The molecule has 162 valence electrons. The van der Waals surface area contributed by atoms with Crippen LogP contribution in [-0.4, -0.2) is 17.0 Å². The summed E-state index contributed by atoms with van der Waals surface area (Å²) in [7, 11) is 0. The molecule has 0 aliphatic rings. The summed E-state index contributed by atoms with van der Waals surface area (Å²) < 4.78 is 5.23. The first-order valence-electron chi connectivity index (χ1n) is 10.0. The molecule has 0 saturated carbocycles. The van der Waals surface area contributed by atoms with E-state index in [1.807, 2.05) is 52.8 Å². The molecular formula is C24H27N3O3S. The van der Waals surface area contributed by atoms with Crippen molar-refractivity contribution in [2.45, 2.75) is 45.3 Å². The molecule has 6 nitrogen and oxygen atoms in total. The molecule has 0 atom stereocenters. The van der Waals surface area contributed by atoms with Crippen LogP contribution in [0.4, 0.5) is 11.4 Å². The summed E-state index contributed by atoms with van der Waals surface area (Å²) in [5, 5.41) is 9.80. The number of benzene rings is 2. The van der Waals surface area contributed by atoms with E-state index in [9.17, 15) is 9.59 Å². The number of nitrogens with zero attached hydrogens (tertiary/aromatic N) is 1. The van der Waals surface area contributed by atoms with E-state index in [0.29, 0.717) is 22.7 Å². The molecule has 2 aromatic carbocycles. The zero-order valence-corrected chi connectivity index (χ0v) is 19.2. The van der Waals surface area contributed by atoms with E-state index < -0.39 is 5.41 Å². The Morgan fingerprint density at radius 3 is 2.32 bits per heavy atom. The number of thioether (sulfide) groups is 1. The van der Waals surface area contributed by atoms with Crippen LogP contribution in [-0.2, 0) is 10.5 Å². The zero-order chi connectivity index (χ0) is 22.6. The summed E-state index contributed by atoms with van der Waals surface area (Å²) in [4.78, 5) is 26.1. The predicted octanol–water partition coefficient (Wildman–Crippen LogP) is 5.82. The molecule has 31 heavy (non-hydrogen) atoms. The molecule has 7 heteroatoms. The third-order valence-electron chi connectivity index (χ3n) is 4.74. The van der Waals surface area contributed by atoms with Gasteiger partial charge in [-0.1, -0.05) is 44.1 Å². The minimum absolute atomic E-state index is 0.0861.